The minimum Gasteiger partial charge on any atom is -0.486 e. The highest BCUT2D eigenvalue weighted by molar-refractivity contribution is 8.01. The van der Waals surface area contributed by atoms with E-state index in [1.165, 1.54) is 11.8 Å². The second-order valence-electron chi connectivity index (χ2n) is 6.88. The number of benzene rings is 2. The summed E-state index contributed by atoms with van der Waals surface area (Å²) < 4.78 is 13.4. The largest absolute Gasteiger partial charge is 0.486 e. The van der Waals surface area contributed by atoms with Gasteiger partial charge in [0, 0.05) is 6.54 Å². The molecule has 0 spiro atoms. The highest BCUT2D eigenvalue weighted by atomic mass is 32.2. The number of rotatable bonds is 4. The summed E-state index contributed by atoms with van der Waals surface area (Å²) in [5.41, 5.74) is 2.12. The first-order valence-electron chi connectivity index (χ1n) is 9.45. The molecule has 5 nitrogen and oxygen atoms in total. The van der Waals surface area contributed by atoms with Crippen LogP contribution in [0.5, 0.6) is 11.5 Å². The van der Waals surface area contributed by atoms with E-state index >= 15 is 0 Å². The molecule has 1 atom stereocenters. The Kier molecular flexibility index (Phi) is 4.86. The molecule has 28 heavy (non-hydrogen) atoms. The van der Waals surface area contributed by atoms with Crippen molar-refractivity contribution in [1.29, 1.82) is 0 Å². The third-order valence-electron chi connectivity index (χ3n) is 5.12. The van der Waals surface area contributed by atoms with Gasteiger partial charge in [-0.2, -0.15) is 0 Å². The molecule has 1 saturated heterocycles. The maximum atomic E-state index is 12.9. The van der Waals surface area contributed by atoms with Gasteiger partial charge in [-0.05, 0) is 42.7 Å². The summed E-state index contributed by atoms with van der Waals surface area (Å²) in [6.07, 6.45) is 2.01. The lowest BCUT2D eigenvalue weighted by Gasteiger charge is -2.26. The maximum absolute atomic E-state index is 12.9. The molecule has 2 aliphatic heterocycles. The van der Waals surface area contributed by atoms with Crippen LogP contribution >= 0.6 is 23.1 Å². The van der Waals surface area contributed by atoms with Crippen LogP contribution in [-0.2, 0) is 4.79 Å². The number of carbonyl (C=O) groups is 1. The van der Waals surface area contributed by atoms with Gasteiger partial charge in [0.05, 0.1) is 22.0 Å². The van der Waals surface area contributed by atoms with Gasteiger partial charge in [0.2, 0.25) is 5.91 Å². The zero-order chi connectivity index (χ0) is 18.9. The van der Waals surface area contributed by atoms with Crippen molar-refractivity contribution in [3.05, 3.63) is 48.0 Å². The topological polar surface area (TPSA) is 51.7 Å². The normalized spacial score (nSPS) is 18.6. The van der Waals surface area contributed by atoms with Crippen LogP contribution < -0.4 is 9.47 Å². The number of fused-ring (bicyclic) bond motifs is 2. The Hall–Kier alpha value is -2.25. The predicted octanol–water partition coefficient (Wildman–Crippen LogP) is 4.52. The molecule has 0 aliphatic carbocycles. The zero-order valence-electron chi connectivity index (χ0n) is 15.3. The molecule has 3 aromatic rings. The fraction of sp³-hybridized carbons (Fsp3) is 0.333. The lowest BCUT2D eigenvalue weighted by Crippen LogP contribution is -2.32. The molecule has 0 bridgehead atoms. The number of ether oxygens (including phenoxy) is 2. The van der Waals surface area contributed by atoms with Crippen molar-refractivity contribution in [3.63, 3.8) is 0 Å². The van der Waals surface area contributed by atoms with E-state index < -0.39 is 0 Å². The Morgan fingerprint density at radius 1 is 1.18 bits per heavy atom. The second kappa shape index (κ2) is 7.64. The van der Waals surface area contributed by atoms with E-state index in [2.05, 4.69) is 17.1 Å². The number of aromatic nitrogens is 1. The first-order valence-corrected chi connectivity index (χ1v) is 11.3. The van der Waals surface area contributed by atoms with Crippen LogP contribution in [0.2, 0.25) is 0 Å². The highest BCUT2D eigenvalue weighted by Gasteiger charge is 2.31. The fourth-order valence-corrected chi connectivity index (χ4v) is 5.75. The van der Waals surface area contributed by atoms with Gasteiger partial charge in [0.1, 0.15) is 13.2 Å². The number of likely N-dealkylation sites (tertiary alicyclic amines) is 1. The van der Waals surface area contributed by atoms with Crippen LogP contribution in [0.1, 0.15) is 24.4 Å². The lowest BCUT2D eigenvalue weighted by molar-refractivity contribution is -0.129. The smallest absolute Gasteiger partial charge is 0.233 e. The zero-order valence-corrected chi connectivity index (χ0v) is 16.9. The lowest BCUT2D eigenvalue weighted by atomic mass is 10.0. The Balaban J connectivity index is 1.28. The van der Waals surface area contributed by atoms with Crippen LogP contribution in [0.25, 0.3) is 10.2 Å². The van der Waals surface area contributed by atoms with Crippen LogP contribution in [0.4, 0.5) is 0 Å². The number of hydrogen-bond donors (Lipinski definition) is 0. The number of para-hydroxylation sites is 1. The molecule has 0 saturated carbocycles. The van der Waals surface area contributed by atoms with Gasteiger partial charge in [-0.3, -0.25) is 4.79 Å². The summed E-state index contributed by atoms with van der Waals surface area (Å²) in [6, 6.07) is 14.2. The van der Waals surface area contributed by atoms with Gasteiger partial charge in [-0.25, -0.2) is 4.98 Å². The first kappa shape index (κ1) is 17.8. The summed E-state index contributed by atoms with van der Waals surface area (Å²) in [7, 11) is 0. The molecule has 1 aromatic heterocycles. The van der Waals surface area contributed by atoms with E-state index in [1.54, 1.807) is 11.3 Å². The summed E-state index contributed by atoms with van der Waals surface area (Å²) in [4.78, 5) is 19.6. The Morgan fingerprint density at radius 2 is 2.04 bits per heavy atom. The minimum absolute atomic E-state index is 0.110. The fourth-order valence-electron chi connectivity index (χ4n) is 3.80. The predicted molar refractivity (Wildman–Crippen MR) is 111 cm³/mol. The van der Waals surface area contributed by atoms with Crippen molar-refractivity contribution in [2.45, 2.75) is 23.2 Å². The van der Waals surface area contributed by atoms with Crippen molar-refractivity contribution >= 4 is 39.2 Å². The van der Waals surface area contributed by atoms with Crippen molar-refractivity contribution < 1.29 is 14.3 Å². The number of nitrogens with zero attached hydrogens (tertiary/aromatic N) is 2. The average molecular weight is 413 g/mol. The standard InChI is InChI=1S/C21H20N2O3S2/c24-20(13-27-21-22-15-4-1-2-6-19(15)28-21)23-9-3-5-16(23)14-7-8-17-18(12-14)26-11-10-25-17/h1-2,4,6-8,12,16H,3,5,9-11,13H2/t16-/m1/s1. The molecule has 144 valence electrons. The van der Waals surface area contributed by atoms with Crippen LogP contribution in [-0.4, -0.2) is 41.3 Å². The number of hydrogen-bond acceptors (Lipinski definition) is 6. The Morgan fingerprint density at radius 3 is 2.93 bits per heavy atom. The number of thiazole rings is 1. The number of thioether (sulfide) groups is 1. The molecule has 1 fully saturated rings. The quantitative estimate of drug-likeness (QED) is 0.590. The molecule has 7 heteroatoms. The van der Waals surface area contributed by atoms with E-state index in [0.717, 1.165) is 51.0 Å². The second-order valence-corrected chi connectivity index (χ2v) is 9.14. The maximum Gasteiger partial charge on any atom is 0.233 e. The Labute approximate surface area is 171 Å². The molecule has 2 aromatic carbocycles. The molecular formula is C21H20N2O3S2. The summed E-state index contributed by atoms with van der Waals surface area (Å²) in [5, 5.41) is 0. The van der Waals surface area contributed by atoms with Crippen molar-refractivity contribution in [1.82, 2.24) is 9.88 Å². The molecule has 3 heterocycles. The monoisotopic (exact) mass is 412 g/mol. The van der Waals surface area contributed by atoms with E-state index in [4.69, 9.17) is 9.47 Å². The molecule has 0 radical (unpaired) electrons. The summed E-state index contributed by atoms with van der Waals surface area (Å²) in [6.45, 7) is 1.96. The SMILES string of the molecule is O=C(CSc1nc2ccccc2s1)N1CCC[C@@H]1c1ccc2c(c1)OCCO2. The van der Waals surface area contributed by atoms with E-state index in [1.807, 2.05) is 35.2 Å². The van der Waals surface area contributed by atoms with Crippen LogP contribution in [0.15, 0.2) is 46.8 Å². The Bertz CT molecular complexity index is 987. The average Bonchev–Trinajstić information content (AvgIpc) is 3.38. The minimum atomic E-state index is 0.110. The summed E-state index contributed by atoms with van der Waals surface area (Å²) >= 11 is 3.18. The van der Waals surface area contributed by atoms with Gasteiger partial charge in [0.25, 0.3) is 0 Å². The van der Waals surface area contributed by atoms with Gasteiger partial charge in [-0.1, -0.05) is 30.0 Å². The molecule has 0 unspecified atom stereocenters. The van der Waals surface area contributed by atoms with Crippen LogP contribution in [0.3, 0.4) is 0 Å². The van der Waals surface area contributed by atoms with Gasteiger partial charge in [-0.15, -0.1) is 11.3 Å². The molecular weight excluding hydrogens is 392 g/mol. The first-order chi connectivity index (χ1) is 13.8. The molecule has 5 rings (SSSR count). The number of amides is 1. The highest BCUT2D eigenvalue weighted by Crippen LogP contribution is 2.38. The molecule has 0 N–H and O–H groups in total. The van der Waals surface area contributed by atoms with Gasteiger partial charge < -0.3 is 14.4 Å². The van der Waals surface area contributed by atoms with E-state index in [9.17, 15) is 4.79 Å². The van der Waals surface area contributed by atoms with Crippen LogP contribution in [0, 0.1) is 0 Å². The van der Waals surface area contributed by atoms with Crippen molar-refractivity contribution in [2.75, 3.05) is 25.5 Å². The van der Waals surface area contributed by atoms with Crippen molar-refractivity contribution in [2.24, 2.45) is 0 Å². The number of carbonyl (C=O) groups excluding carboxylic acids is 1. The van der Waals surface area contributed by atoms with Crippen molar-refractivity contribution in [3.8, 4) is 11.5 Å². The molecule has 1 amide bonds. The third-order valence-corrected chi connectivity index (χ3v) is 7.28. The van der Waals surface area contributed by atoms with Gasteiger partial charge >= 0.3 is 0 Å². The van der Waals surface area contributed by atoms with Gasteiger partial charge in [0.15, 0.2) is 15.8 Å². The van der Waals surface area contributed by atoms with E-state index in [-0.39, 0.29) is 11.9 Å². The van der Waals surface area contributed by atoms with E-state index in [0.29, 0.717) is 19.0 Å². The third kappa shape index (κ3) is 3.44. The summed E-state index contributed by atoms with van der Waals surface area (Å²) in [5.74, 6) is 2.16. The molecule has 2 aliphatic rings.